The van der Waals surface area contributed by atoms with Gasteiger partial charge in [0, 0.05) is 28.7 Å². The summed E-state index contributed by atoms with van der Waals surface area (Å²) in [5, 5.41) is 0. The first kappa shape index (κ1) is 19.3. The fraction of sp³-hybridized carbons (Fsp3) is 0.500. The summed E-state index contributed by atoms with van der Waals surface area (Å²) >= 11 is 4.26. The summed E-state index contributed by atoms with van der Waals surface area (Å²) in [5.74, 6) is -0.721. The smallest absolute Gasteiger partial charge is 0.465 e. The summed E-state index contributed by atoms with van der Waals surface area (Å²) in [6.45, 7) is 4.73. The van der Waals surface area contributed by atoms with Gasteiger partial charge >= 0.3 is 12.9 Å². The zero-order valence-corrected chi connectivity index (χ0v) is 19.0. The van der Waals surface area contributed by atoms with Crippen LogP contribution in [0.15, 0.2) is 9.15 Å². The predicted molar refractivity (Wildman–Crippen MR) is 111 cm³/mol. The van der Waals surface area contributed by atoms with Crippen LogP contribution in [0, 0.1) is 17.4 Å². The number of hydrogen-bond acceptors (Lipinski definition) is 2. The van der Waals surface area contributed by atoms with Gasteiger partial charge in [-0.25, -0.2) is 0 Å². The SMILES string of the molecule is CC(=O)OCC1c2c(C)c(I)c(C)n2[B-](F)(F)[N+]2=C(C)C(I)=C(C)C12. The zero-order valence-electron chi connectivity index (χ0n) is 14.7. The van der Waals surface area contributed by atoms with Gasteiger partial charge in [-0.15, -0.1) is 0 Å². The number of nitrogens with zero attached hydrogens (tertiary/aromatic N) is 2. The Kier molecular flexibility index (Phi) is 4.87. The predicted octanol–water partition coefficient (Wildman–Crippen LogP) is 4.16. The van der Waals surface area contributed by atoms with Crippen molar-refractivity contribution >= 4 is 63.8 Å². The Morgan fingerprint density at radius 1 is 1.28 bits per heavy atom. The van der Waals surface area contributed by atoms with Gasteiger partial charge < -0.3 is 22.3 Å². The van der Waals surface area contributed by atoms with Crippen LogP contribution in [-0.2, 0) is 9.53 Å². The van der Waals surface area contributed by atoms with Gasteiger partial charge in [0.15, 0.2) is 0 Å². The van der Waals surface area contributed by atoms with E-state index in [2.05, 4.69) is 45.2 Å². The maximum Gasteiger partial charge on any atom is 0.732 e. The van der Waals surface area contributed by atoms with Crippen molar-refractivity contribution in [3.8, 4) is 0 Å². The molecule has 0 aliphatic carbocycles. The second-order valence-electron chi connectivity index (χ2n) is 6.71. The Hall–Kier alpha value is -0.455. The quantitative estimate of drug-likeness (QED) is 0.303. The molecule has 1 aromatic heterocycles. The van der Waals surface area contributed by atoms with E-state index < -0.39 is 19.0 Å². The van der Waals surface area contributed by atoms with Crippen molar-refractivity contribution in [2.24, 2.45) is 0 Å². The Labute approximate surface area is 173 Å². The maximum atomic E-state index is 15.6. The van der Waals surface area contributed by atoms with Crippen LogP contribution in [0.5, 0.6) is 0 Å². The molecule has 2 aliphatic heterocycles. The van der Waals surface area contributed by atoms with Crippen LogP contribution < -0.4 is 0 Å². The van der Waals surface area contributed by atoms with E-state index in [1.54, 1.807) is 13.8 Å². The number of hydrogen-bond donors (Lipinski definition) is 0. The zero-order chi connectivity index (χ0) is 18.8. The molecule has 3 heterocycles. The molecule has 2 atom stereocenters. The summed E-state index contributed by atoms with van der Waals surface area (Å²) in [5.41, 5.74) is 3.51. The molecule has 2 unspecified atom stereocenters. The summed E-state index contributed by atoms with van der Waals surface area (Å²) in [7, 11) is 0. The highest BCUT2D eigenvalue weighted by Gasteiger charge is 2.60. The molecule has 3 rings (SSSR count). The van der Waals surface area contributed by atoms with Crippen molar-refractivity contribution in [2.45, 2.75) is 46.6 Å². The van der Waals surface area contributed by atoms with Gasteiger partial charge in [0.2, 0.25) is 0 Å². The van der Waals surface area contributed by atoms with Crippen LogP contribution in [-0.4, -0.2) is 40.3 Å². The third-order valence-corrected chi connectivity index (χ3v) is 8.51. The van der Waals surface area contributed by atoms with E-state index in [4.69, 9.17) is 4.74 Å². The standard InChI is InChI=1S/C16H19BF2I2N2O2/c1-7-13(20)9(3)22-15(7)12(6-25-11(5)24)16-8(2)14(21)10(4)23(16)17(22,18)19/h12,15H,6H2,1-5H3. The third kappa shape index (κ3) is 2.62. The first-order valence-electron chi connectivity index (χ1n) is 8.03. The fourth-order valence-corrected chi connectivity index (χ4v) is 5.36. The molecule has 0 saturated carbocycles. The molecule has 0 amide bonds. The number of allylic oxidation sites excluding steroid dienone is 1. The van der Waals surface area contributed by atoms with Gasteiger partial charge in [-0.1, -0.05) is 0 Å². The number of aromatic nitrogens is 1. The van der Waals surface area contributed by atoms with Crippen LogP contribution in [0.1, 0.15) is 43.6 Å². The van der Waals surface area contributed by atoms with Crippen molar-refractivity contribution in [3.63, 3.8) is 0 Å². The van der Waals surface area contributed by atoms with E-state index in [9.17, 15) is 4.79 Å². The Morgan fingerprint density at radius 3 is 2.44 bits per heavy atom. The lowest BCUT2D eigenvalue weighted by atomic mass is 9.78. The van der Waals surface area contributed by atoms with Crippen molar-refractivity contribution in [1.29, 1.82) is 0 Å². The summed E-state index contributed by atoms with van der Waals surface area (Å²) in [6, 6.07) is -0.488. The molecule has 25 heavy (non-hydrogen) atoms. The molecular formula is C16H19BF2I2N2O2. The van der Waals surface area contributed by atoms with E-state index in [0.717, 1.165) is 18.3 Å². The third-order valence-electron chi connectivity index (χ3n) is 5.29. The van der Waals surface area contributed by atoms with Crippen LogP contribution in [0.4, 0.5) is 8.63 Å². The summed E-state index contributed by atoms with van der Waals surface area (Å²) < 4.78 is 40.6. The lowest BCUT2D eigenvalue weighted by Gasteiger charge is -2.40. The molecule has 0 fully saturated rings. The first-order valence-corrected chi connectivity index (χ1v) is 10.2. The van der Waals surface area contributed by atoms with Crippen molar-refractivity contribution in [2.75, 3.05) is 6.61 Å². The second-order valence-corrected chi connectivity index (χ2v) is 8.87. The molecule has 2 aliphatic rings. The molecule has 9 heteroatoms. The monoisotopic (exact) mass is 574 g/mol. The molecule has 0 saturated heterocycles. The number of rotatable bonds is 2. The fourth-order valence-electron chi connectivity index (χ4n) is 4.23. The number of halogens is 4. The maximum absolute atomic E-state index is 15.6. The average molecular weight is 574 g/mol. The van der Waals surface area contributed by atoms with E-state index in [-0.39, 0.29) is 12.5 Å². The minimum atomic E-state index is -3.95. The van der Waals surface area contributed by atoms with Gasteiger partial charge in [0.05, 0.1) is 9.50 Å². The number of ether oxygens (including phenoxy) is 1. The Morgan fingerprint density at radius 2 is 1.88 bits per heavy atom. The highest BCUT2D eigenvalue weighted by Crippen LogP contribution is 2.46. The summed E-state index contributed by atoms with van der Waals surface area (Å²) in [6.07, 6.45) is 0. The topological polar surface area (TPSA) is 34.2 Å². The molecule has 0 N–H and O–H groups in total. The van der Waals surface area contributed by atoms with Crippen molar-refractivity contribution in [1.82, 2.24) is 4.48 Å². The number of esters is 1. The average Bonchev–Trinajstić information content (AvgIpc) is 2.89. The van der Waals surface area contributed by atoms with Gasteiger partial charge in [-0.3, -0.25) is 4.79 Å². The molecule has 1 aromatic rings. The molecular weight excluding hydrogens is 555 g/mol. The molecule has 4 nitrogen and oxygen atoms in total. The highest BCUT2D eigenvalue weighted by atomic mass is 127. The first-order chi connectivity index (χ1) is 11.5. The number of carbonyl (C=O) groups is 1. The Bertz CT molecular complexity index is 861. The molecule has 0 aromatic carbocycles. The van der Waals surface area contributed by atoms with Crippen molar-refractivity contribution in [3.05, 3.63) is 29.7 Å². The summed E-state index contributed by atoms with van der Waals surface area (Å²) in [4.78, 5) is 11.4. The van der Waals surface area contributed by atoms with E-state index in [1.807, 2.05) is 13.8 Å². The number of fused-ring (bicyclic) bond motifs is 2. The molecule has 136 valence electrons. The lowest BCUT2D eigenvalue weighted by Crippen LogP contribution is -2.59. The largest absolute Gasteiger partial charge is 0.732 e. The van der Waals surface area contributed by atoms with Gasteiger partial charge in [-0.05, 0) is 77.2 Å². The van der Waals surface area contributed by atoms with Crippen LogP contribution >= 0.6 is 45.2 Å². The highest BCUT2D eigenvalue weighted by molar-refractivity contribution is 14.1. The van der Waals surface area contributed by atoms with Gasteiger partial charge in [-0.2, -0.15) is 0 Å². The van der Waals surface area contributed by atoms with Gasteiger partial charge in [0.1, 0.15) is 18.4 Å². The molecule has 0 bridgehead atoms. The van der Waals surface area contributed by atoms with E-state index in [1.165, 1.54) is 15.9 Å². The second kappa shape index (κ2) is 6.31. The Balaban J connectivity index is 2.31. The van der Waals surface area contributed by atoms with Crippen LogP contribution in [0.2, 0.25) is 0 Å². The number of carbonyl (C=O) groups excluding carboxylic acids is 1. The minimum Gasteiger partial charge on any atom is -0.465 e. The lowest BCUT2D eigenvalue weighted by molar-refractivity contribution is -0.466. The van der Waals surface area contributed by atoms with E-state index >= 15 is 8.63 Å². The normalized spacial score (nSPS) is 24.5. The van der Waals surface area contributed by atoms with Crippen molar-refractivity contribution < 1.29 is 22.6 Å². The van der Waals surface area contributed by atoms with Crippen LogP contribution in [0.25, 0.3) is 0 Å². The molecule has 0 spiro atoms. The minimum absolute atomic E-state index is 0.0948. The molecule has 0 radical (unpaired) electrons. The van der Waals surface area contributed by atoms with Crippen LogP contribution in [0.3, 0.4) is 0 Å². The van der Waals surface area contributed by atoms with E-state index in [0.29, 0.717) is 17.1 Å². The van der Waals surface area contributed by atoms with Gasteiger partial charge in [0.25, 0.3) is 0 Å².